The minimum atomic E-state index is -5.02. The molecule has 0 aliphatic heterocycles. The van der Waals surface area contributed by atoms with Crippen molar-refractivity contribution in [2.24, 2.45) is 5.73 Å². The molecule has 45 heavy (non-hydrogen) atoms. The molecule has 0 fully saturated rings. The molecule has 0 atom stereocenters. The summed E-state index contributed by atoms with van der Waals surface area (Å²) < 4.78 is 93.5. The summed E-state index contributed by atoms with van der Waals surface area (Å²) in [6.07, 6.45) is -8.68. The maximum Gasteiger partial charge on any atom is 0.416 e. The van der Waals surface area contributed by atoms with Crippen molar-refractivity contribution in [3.8, 4) is 11.1 Å². The van der Waals surface area contributed by atoms with Crippen LogP contribution in [0, 0.1) is 12.7 Å². The number of carbonyl (C=O) groups excluding carboxylic acids is 1. The van der Waals surface area contributed by atoms with Gasteiger partial charge in [0.1, 0.15) is 11.5 Å². The Balaban J connectivity index is 0.00000107. The average Bonchev–Trinajstić information content (AvgIpc) is 2.92. The van der Waals surface area contributed by atoms with Crippen LogP contribution >= 0.6 is 0 Å². The SMILES string of the molecule is CN(C)CCN.Cc1cc(F)ccc1-c1cnc(NCCN(C)C)nc1C(=O)N(C)Cc1cc(C(F)(F)F)cc(C(F)(F)F)c1. The first kappa shape index (κ1) is 37.4. The van der Waals surface area contributed by atoms with Gasteiger partial charge in [-0.3, -0.25) is 4.79 Å². The van der Waals surface area contributed by atoms with Crippen molar-refractivity contribution >= 4 is 11.9 Å². The largest absolute Gasteiger partial charge is 0.416 e. The highest BCUT2D eigenvalue weighted by Gasteiger charge is 2.37. The molecule has 0 aliphatic rings. The Hall–Kier alpha value is -3.82. The molecule has 0 aliphatic carbocycles. The van der Waals surface area contributed by atoms with E-state index in [2.05, 4.69) is 20.2 Å². The van der Waals surface area contributed by atoms with E-state index in [0.29, 0.717) is 36.3 Å². The van der Waals surface area contributed by atoms with Crippen molar-refractivity contribution in [2.75, 3.05) is 66.7 Å². The van der Waals surface area contributed by atoms with Gasteiger partial charge in [-0.1, -0.05) is 6.07 Å². The third kappa shape index (κ3) is 11.6. The van der Waals surface area contributed by atoms with Crippen LogP contribution in [0.15, 0.2) is 42.6 Å². The van der Waals surface area contributed by atoms with Gasteiger partial charge in [-0.15, -0.1) is 0 Å². The molecule has 8 nitrogen and oxygen atoms in total. The number of aryl methyl sites for hydroxylation is 1. The van der Waals surface area contributed by atoms with E-state index in [1.165, 1.54) is 31.4 Å². The standard InChI is InChI=1S/C26H26F7N5O.C4H12N2/c1-15-9-19(27)5-6-20(15)21-13-35-24(34-7-8-37(2)3)36-22(21)23(39)38(4)14-16-10-17(25(28,29)30)12-18(11-16)26(31,32)33;1-6(2)4-3-5/h5-6,9-13H,7-8,14H2,1-4H3,(H,34,35,36);3-5H2,1-2H3. The highest BCUT2D eigenvalue weighted by Crippen LogP contribution is 2.37. The quantitative estimate of drug-likeness (QED) is 0.286. The molecule has 0 unspecified atom stereocenters. The van der Waals surface area contributed by atoms with Crippen molar-refractivity contribution < 1.29 is 35.5 Å². The number of rotatable bonds is 10. The van der Waals surface area contributed by atoms with Gasteiger partial charge in [0.15, 0.2) is 0 Å². The molecule has 3 aromatic rings. The number of nitrogens with one attached hydrogen (secondary N) is 1. The number of carbonyl (C=O) groups is 1. The molecular formula is C30H38F7N7O. The second-order valence-electron chi connectivity index (χ2n) is 10.8. The minimum absolute atomic E-state index is 0.0246. The van der Waals surface area contributed by atoms with Crippen LogP contribution in [0.5, 0.6) is 0 Å². The Labute approximate surface area is 258 Å². The summed E-state index contributed by atoms with van der Waals surface area (Å²) in [5.74, 6) is -1.19. The number of alkyl halides is 6. The van der Waals surface area contributed by atoms with Crippen LogP contribution in [-0.2, 0) is 18.9 Å². The molecule has 248 valence electrons. The zero-order chi connectivity index (χ0) is 34.1. The topological polar surface area (TPSA) is 90.6 Å². The molecule has 0 radical (unpaired) electrons. The molecule has 3 N–H and O–H groups in total. The zero-order valence-electron chi connectivity index (χ0n) is 25.9. The van der Waals surface area contributed by atoms with Crippen molar-refractivity contribution in [3.05, 3.63) is 76.4 Å². The lowest BCUT2D eigenvalue weighted by atomic mass is 9.99. The van der Waals surface area contributed by atoms with Gasteiger partial charge >= 0.3 is 12.4 Å². The summed E-state index contributed by atoms with van der Waals surface area (Å²) in [6, 6.07) is 5.03. The van der Waals surface area contributed by atoms with Gasteiger partial charge < -0.3 is 25.8 Å². The van der Waals surface area contributed by atoms with E-state index < -0.39 is 41.7 Å². The fourth-order valence-electron chi connectivity index (χ4n) is 4.04. The monoisotopic (exact) mass is 645 g/mol. The van der Waals surface area contributed by atoms with Crippen LogP contribution in [0.4, 0.5) is 36.7 Å². The van der Waals surface area contributed by atoms with E-state index in [4.69, 9.17) is 5.73 Å². The fraction of sp³-hybridized carbons (Fsp3) is 0.433. The number of halogens is 7. The fourth-order valence-corrected chi connectivity index (χ4v) is 4.04. The van der Waals surface area contributed by atoms with E-state index in [0.717, 1.165) is 18.0 Å². The summed E-state index contributed by atoms with van der Waals surface area (Å²) in [5.41, 5.74) is 2.83. The number of nitrogens with zero attached hydrogens (tertiary/aromatic N) is 5. The highest BCUT2D eigenvalue weighted by molar-refractivity contribution is 5.99. The molecule has 2 aromatic carbocycles. The van der Waals surface area contributed by atoms with Crippen molar-refractivity contribution in [3.63, 3.8) is 0 Å². The maximum absolute atomic E-state index is 13.7. The Morgan fingerprint density at radius 3 is 1.91 bits per heavy atom. The molecule has 1 amide bonds. The minimum Gasteiger partial charge on any atom is -0.353 e. The second-order valence-corrected chi connectivity index (χ2v) is 10.8. The second kappa shape index (κ2) is 16.0. The van der Waals surface area contributed by atoms with Gasteiger partial charge in [-0.05, 0) is 82.1 Å². The van der Waals surface area contributed by atoms with E-state index in [1.54, 1.807) is 6.92 Å². The Kier molecular flexibility index (Phi) is 13.2. The van der Waals surface area contributed by atoms with E-state index in [9.17, 15) is 35.5 Å². The molecule has 0 spiro atoms. The number of likely N-dealkylation sites (N-methyl/N-ethyl adjacent to an activating group) is 2. The molecule has 1 aromatic heterocycles. The van der Waals surface area contributed by atoms with Gasteiger partial charge in [0.05, 0.1) is 11.1 Å². The number of nitrogens with two attached hydrogens (primary N) is 1. The number of hydrogen-bond acceptors (Lipinski definition) is 7. The van der Waals surface area contributed by atoms with Gasteiger partial charge in [-0.25, -0.2) is 14.4 Å². The molecule has 3 rings (SSSR count). The smallest absolute Gasteiger partial charge is 0.353 e. The summed E-state index contributed by atoms with van der Waals surface area (Å²) in [7, 11) is 8.95. The van der Waals surface area contributed by atoms with E-state index in [1.807, 2.05) is 33.1 Å². The predicted octanol–water partition coefficient (Wildman–Crippen LogP) is 5.38. The van der Waals surface area contributed by atoms with E-state index >= 15 is 0 Å². The normalized spacial score (nSPS) is 11.8. The van der Waals surface area contributed by atoms with Crippen LogP contribution in [-0.4, -0.2) is 92.0 Å². The van der Waals surface area contributed by atoms with Crippen LogP contribution in [0.2, 0.25) is 0 Å². The Morgan fingerprint density at radius 1 is 0.867 bits per heavy atom. The van der Waals surface area contributed by atoms with Crippen LogP contribution in [0.1, 0.15) is 32.7 Å². The lowest BCUT2D eigenvalue weighted by molar-refractivity contribution is -0.143. The van der Waals surface area contributed by atoms with Gasteiger partial charge in [-0.2, -0.15) is 26.3 Å². The molecule has 15 heteroatoms. The number of anilines is 1. The summed E-state index contributed by atoms with van der Waals surface area (Å²) in [4.78, 5) is 26.9. The average molecular weight is 646 g/mol. The van der Waals surface area contributed by atoms with E-state index in [-0.39, 0.29) is 28.8 Å². The first-order chi connectivity index (χ1) is 20.8. The number of hydrogen-bond donors (Lipinski definition) is 2. The number of amides is 1. The molecule has 1 heterocycles. The predicted molar refractivity (Wildman–Crippen MR) is 159 cm³/mol. The van der Waals surface area contributed by atoms with Crippen LogP contribution in [0.3, 0.4) is 0 Å². The Morgan fingerprint density at radius 2 is 1.44 bits per heavy atom. The molecular weight excluding hydrogens is 607 g/mol. The molecule has 0 bridgehead atoms. The number of benzene rings is 2. The maximum atomic E-state index is 13.7. The van der Waals surface area contributed by atoms with Crippen LogP contribution in [0.25, 0.3) is 11.1 Å². The number of aromatic nitrogens is 2. The first-order valence-corrected chi connectivity index (χ1v) is 13.7. The van der Waals surface area contributed by atoms with Gasteiger partial charge in [0.25, 0.3) is 5.91 Å². The van der Waals surface area contributed by atoms with Gasteiger partial charge in [0, 0.05) is 51.5 Å². The van der Waals surface area contributed by atoms with Gasteiger partial charge in [0.2, 0.25) is 5.95 Å². The lowest BCUT2D eigenvalue weighted by Gasteiger charge is -2.21. The van der Waals surface area contributed by atoms with Crippen molar-refractivity contribution in [1.29, 1.82) is 0 Å². The third-order valence-electron chi connectivity index (χ3n) is 6.30. The zero-order valence-corrected chi connectivity index (χ0v) is 25.9. The first-order valence-electron chi connectivity index (χ1n) is 13.7. The Bertz CT molecular complexity index is 1390. The van der Waals surface area contributed by atoms with Crippen molar-refractivity contribution in [1.82, 2.24) is 24.7 Å². The summed E-state index contributed by atoms with van der Waals surface area (Å²) >= 11 is 0. The molecule has 0 saturated carbocycles. The highest BCUT2D eigenvalue weighted by atomic mass is 19.4. The summed E-state index contributed by atoms with van der Waals surface area (Å²) in [6.45, 7) is 3.83. The van der Waals surface area contributed by atoms with Crippen molar-refractivity contribution in [2.45, 2.75) is 25.8 Å². The molecule has 0 saturated heterocycles. The lowest BCUT2D eigenvalue weighted by Crippen LogP contribution is -2.29. The van der Waals surface area contributed by atoms with Crippen LogP contribution < -0.4 is 11.1 Å². The third-order valence-corrected chi connectivity index (χ3v) is 6.30. The summed E-state index contributed by atoms with van der Waals surface area (Å²) in [5, 5.41) is 2.97.